The summed E-state index contributed by atoms with van der Waals surface area (Å²) in [5.74, 6) is 0.140. The molecule has 0 aromatic heterocycles. The third-order valence-corrected chi connectivity index (χ3v) is 2.90. The maximum absolute atomic E-state index is 12.0. The summed E-state index contributed by atoms with van der Waals surface area (Å²) in [5, 5.41) is 13.6. The summed E-state index contributed by atoms with van der Waals surface area (Å²) in [6.07, 6.45) is -4.36. The fourth-order valence-corrected chi connectivity index (χ4v) is 1.77. The molecule has 122 valence electrons. The molecule has 0 aliphatic rings. The molecule has 0 saturated carbocycles. The van der Waals surface area contributed by atoms with Gasteiger partial charge in [-0.1, -0.05) is 12.1 Å². The fraction of sp³-hybridized carbons (Fsp3) is 0.200. The number of ether oxygens (including phenoxy) is 1. The number of non-ortho nitro benzene ring substituents is 1. The molecule has 1 N–H and O–H groups in total. The first-order valence-corrected chi connectivity index (χ1v) is 6.60. The Balaban J connectivity index is 1.87. The Morgan fingerprint density at radius 1 is 1.04 bits per heavy atom. The third-order valence-electron chi connectivity index (χ3n) is 2.90. The molecule has 2 aromatic carbocycles. The van der Waals surface area contributed by atoms with Gasteiger partial charge in [0.15, 0.2) is 6.61 Å². The molecular formula is C15H13F3N2O3. The van der Waals surface area contributed by atoms with Gasteiger partial charge in [0, 0.05) is 24.4 Å². The van der Waals surface area contributed by atoms with Gasteiger partial charge in [-0.3, -0.25) is 10.1 Å². The first-order chi connectivity index (χ1) is 10.8. The number of alkyl halides is 3. The van der Waals surface area contributed by atoms with Gasteiger partial charge in [0.2, 0.25) is 0 Å². The summed E-state index contributed by atoms with van der Waals surface area (Å²) in [4.78, 5) is 10.1. The molecule has 2 rings (SSSR count). The minimum absolute atomic E-state index is 0.00159. The van der Waals surface area contributed by atoms with Gasteiger partial charge in [-0.15, -0.1) is 0 Å². The number of nitrogens with one attached hydrogen (secondary N) is 1. The Morgan fingerprint density at radius 2 is 1.65 bits per heavy atom. The van der Waals surface area contributed by atoms with Crippen molar-refractivity contribution in [2.24, 2.45) is 0 Å². The van der Waals surface area contributed by atoms with Crippen molar-refractivity contribution < 1.29 is 22.8 Å². The minimum Gasteiger partial charge on any atom is -0.484 e. The highest BCUT2D eigenvalue weighted by Crippen LogP contribution is 2.20. The van der Waals surface area contributed by atoms with Gasteiger partial charge < -0.3 is 10.1 Å². The van der Waals surface area contributed by atoms with Crippen molar-refractivity contribution in [1.82, 2.24) is 0 Å². The van der Waals surface area contributed by atoms with E-state index in [4.69, 9.17) is 0 Å². The largest absolute Gasteiger partial charge is 0.484 e. The lowest BCUT2D eigenvalue weighted by molar-refractivity contribution is -0.384. The van der Waals surface area contributed by atoms with Crippen molar-refractivity contribution >= 4 is 11.4 Å². The van der Waals surface area contributed by atoms with E-state index in [0.717, 1.165) is 5.56 Å². The Morgan fingerprint density at radius 3 is 2.17 bits per heavy atom. The van der Waals surface area contributed by atoms with Crippen molar-refractivity contribution in [2.75, 3.05) is 11.9 Å². The number of nitro benzene ring substituents is 1. The summed E-state index contributed by atoms with van der Waals surface area (Å²) in [6.45, 7) is -0.898. The first kappa shape index (κ1) is 16.6. The molecule has 0 spiro atoms. The minimum atomic E-state index is -4.36. The maximum atomic E-state index is 12.0. The zero-order valence-corrected chi connectivity index (χ0v) is 11.8. The van der Waals surface area contributed by atoms with Crippen molar-refractivity contribution in [3.8, 4) is 5.75 Å². The van der Waals surface area contributed by atoms with E-state index in [1.165, 1.54) is 24.3 Å². The number of rotatable bonds is 6. The lowest BCUT2D eigenvalue weighted by atomic mass is 10.2. The van der Waals surface area contributed by atoms with E-state index in [0.29, 0.717) is 12.2 Å². The van der Waals surface area contributed by atoms with Crippen LogP contribution in [0.5, 0.6) is 5.75 Å². The van der Waals surface area contributed by atoms with E-state index in [1.807, 2.05) is 0 Å². The van der Waals surface area contributed by atoms with Crippen LogP contribution in [0.2, 0.25) is 0 Å². The smallest absolute Gasteiger partial charge is 0.422 e. The van der Waals surface area contributed by atoms with Crippen molar-refractivity contribution in [3.63, 3.8) is 0 Å². The van der Waals surface area contributed by atoms with E-state index in [9.17, 15) is 23.3 Å². The lowest BCUT2D eigenvalue weighted by Crippen LogP contribution is -2.19. The van der Waals surface area contributed by atoms with E-state index in [2.05, 4.69) is 10.1 Å². The topological polar surface area (TPSA) is 64.4 Å². The van der Waals surface area contributed by atoms with E-state index >= 15 is 0 Å². The van der Waals surface area contributed by atoms with Gasteiger partial charge in [0.05, 0.1) is 4.92 Å². The van der Waals surface area contributed by atoms with Gasteiger partial charge >= 0.3 is 6.18 Å². The number of hydrogen-bond donors (Lipinski definition) is 1. The molecule has 0 bridgehead atoms. The molecule has 0 atom stereocenters. The molecule has 0 heterocycles. The molecule has 5 nitrogen and oxygen atoms in total. The number of benzene rings is 2. The molecule has 0 radical (unpaired) electrons. The Labute approximate surface area is 129 Å². The molecule has 0 amide bonds. The first-order valence-electron chi connectivity index (χ1n) is 6.60. The standard InChI is InChI=1S/C15H13F3N2O3/c16-15(17,18)10-23-14-7-1-11(2-8-14)9-19-12-3-5-13(6-4-12)20(21)22/h1-8,19H,9-10H2. The van der Waals surface area contributed by atoms with Crippen LogP contribution in [0.15, 0.2) is 48.5 Å². The van der Waals surface area contributed by atoms with Crippen LogP contribution in [-0.2, 0) is 6.54 Å². The quantitative estimate of drug-likeness (QED) is 0.640. The highest BCUT2D eigenvalue weighted by molar-refractivity contribution is 5.48. The van der Waals surface area contributed by atoms with Crippen LogP contribution in [0.4, 0.5) is 24.5 Å². The lowest BCUT2D eigenvalue weighted by Gasteiger charge is -2.10. The predicted molar refractivity (Wildman–Crippen MR) is 78.4 cm³/mol. The SMILES string of the molecule is O=[N+]([O-])c1ccc(NCc2ccc(OCC(F)(F)F)cc2)cc1. The Kier molecular flexibility index (Phi) is 5.05. The summed E-state index contributed by atoms with van der Waals surface area (Å²) in [5.41, 5.74) is 1.54. The molecule has 8 heteroatoms. The molecule has 0 unspecified atom stereocenters. The predicted octanol–water partition coefficient (Wildman–Crippen LogP) is 4.15. The molecule has 0 aliphatic heterocycles. The second-order valence-corrected chi connectivity index (χ2v) is 4.71. The summed E-state index contributed by atoms with van der Waals surface area (Å²) in [7, 11) is 0. The molecule has 0 saturated heterocycles. The average molecular weight is 326 g/mol. The van der Waals surface area contributed by atoms with Gasteiger partial charge in [0.25, 0.3) is 5.69 Å². The van der Waals surface area contributed by atoms with Crippen LogP contribution in [0.3, 0.4) is 0 Å². The van der Waals surface area contributed by atoms with Crippen molar-refractivity contribution in [1.29, 1.82) is 0 Å². The van der Waals surface area contributed by atoms with Crippen molar-refractivity contribution in [2.45, 2.75) is 12.7 Å². The van der Waals surface area contributed by atoms with Gasteiger partial charge in [-0.25, -0.2) is 0 Å². The number of hydrogen-bond acceptors (Lipinski definition) is 4. The molecule has 0 fully saturated rings. The average Bonchev–Trinajstić information content (AvgIpc) is 2.51. The monoisotopic (exact) mass is 326 g/mol. The third kappa shape index (κ3) is 5.50. The number of nitrogens with zero attached hydrogens (tertiary/aromatic N) is 1. The highest BCUT2D eigenvalue weighted by atomic mass is 19.4. The van der Waals surface area contributed by atoms with Gasteiger partial charge in [-0.05, 0) is 29.8 Å². The molecule has 0 aliphatic carbocycles. The summed E-state index contributed by atoms with van der Waals surface area (Å²) < 4.78 is 40.7. The van der Waals surface area contributed by atoms with E-state index < -0.39 is 17.7 Å². The van der Waals surface area contributed by atoms with Crippen LogP contribution >= 0.6 is 0 Å². The maximum Gasteiger partial charge on any atom is 0.422 e. The van der Waals surface area contributed by atoms with Crippen molar-refractivity contribution in [3.05, 3.63) is 64.2 Å². The molecule has 2 aromatic rings. The number of anilines is 1. The van der Waals surface area contributed by atoms with Crippen LogP contribution < -0.4 is 10.1 Å². The van der Waals surface area contributed by atoms with Crippen LogP contribution in [0.1, 0.15) is 5.56 Å². The normalized spacial score (nSPS) is 11.1. The molecule has 23 heavy (non-hydrogen) atoms. The van der Waals surface area contributed by atoms with Crippen LogP contribution in [0, 0.1) is 10.1 Å². The zero-order chi connectivity index (χ0) is 16.9. The van der Waals surface area contributed by atoms with Gasteiger partial charge in [-0.2, -0.15) is 13.2 Å². The highest BCUT2D eigenvalue weighted by Gasteiger charge is 2.28. The van der Waals surface area contributed by atoms with E-state index in [1.54, 1.807) is 24.3 Å². The number of halogens is 3. The van der Waals surface area contributed by atoms with Gasteiger partial charge in [0.1, 0.15) is 5.75 Å². The second kappa shape index (κ2) is 6.99. The van der Waals surface area contributed by atoms with E-state index in [-0.39, 0.29) is 11.4 Å². The fourth-order valence-electron chi connectivity index (χ4n) is 1.77. The Bertz CT molecular complexity index is 655. The zero-order valence-electron chi connectivity index (χ0n) is 11.8. The van der Waals surface area contributed by atoms with Crippen LogP contribution in [-0.4, -0.2) is 17.7 Å². The second-order valence-electron chi connectivity index (χ2n) is 4.71. The van der Waals surface area contributed by atoms with Crippen LogP contribution in [0.25, 0.3) is 0 Å². The molecular weight excluding hydrogens is 313 g/mol. The summed E-state index contributed by atoms with van der Waals surface area (Å²) >= 11 is 0. The number of nitro groups is 1. The Hall–Kier alpha value is -2.77. The summed E-state index contributed by atoms with van der Waals surface area (Å²) in [6, 6.07) is 12.1.